The summed E-state index contributed by atoms with van der Waals surface area (Å²) >= 11 is 2.31. The topological polar surface area (TPSA) is 70.4 Å². The zero-order chi connectivity index (χ0) is 20.1. The first-order valence-corrected chi connectivity index (χ1v) is 10.0. The second-order valence-corrected chi connectivity index (χ2v) is 7.77. The Labute approximate surface area is 170 Å². The number of Topliss-reactive ketones (excluding diaryl/α,β-unsaturated/α-hetero) is 1. The molecule has 0 saturated carbocycles. The molecule has 0 bridgehead atoms. The fourth-order valence-corrected chi connectivity index (χ4v) is 4.41. The Morgan fingerprint density at radius 3 is 2.64 bits per heavy atom. The predicted molar refractivity (Wildman–Crippen MR) is 106 cm³/mol. The summed E-state index contributed by atoms with van der Waals surface area (Å²) < 4.78 is 18.5. The van der Waals surface area contributed by atoms with Crippen molar-refractivity contribution >= 4 is 41.0 Å². The SMILES string of the molecule is CN1/C(=C(\C#N)C(=O)COC(=O)CSc2ccccc2F)Sc2ccccc21. The Morgan fingerprint density at radius 1 is 1.21 bits per heavy atom. The molecule has 0 unspecified atom stereocenters. The molecule has 8 heteroatoms. The number of hydrogen-bond donors (Lipinski definition) is 0. The molecule has 2 aromatic rings. The van der Waals surface area contributed by atoms with Gasteiger partial charge in [0, 0.05) is 16.8 Å². The molecule has 1 aliphatic heterocycles. The van der Waals surface area contributed by atoms with E-state index in [1.54, 1.807) is 30.1 Å². The van der Waals surface area contributed by atoms with Crippen molar-refractivity contribution in [2.45, 2.75) is 9.79 Å². The van der Waals surface area contributed by atoms with Gasteiger partial charge >= 0.3 is 5.97 Å². The number of nitriles is 1. The molecular weight excluding hydrogens is 399 g/mol. The van der Waals surface area contributed by atoms with Crippen molar-refractivity contribution in [3.63, 3.8) is 0 Å². The van der Waals surface area contributed by atoms with Gasteiger partial charge in [-0.3, -0.25) is 9.59 Å². The number of nitrogens with zero attached hydrogens (tertiary/aromatic N) is 2. The summed E-state index contributed by atoms with van der Waals surface area (Å²) in [5.74, 6) is -1.78. The first-order valence-electron chi connectivity index (χ1n) is 8.22. The first kappa shape index (κ1) is 20.0. The zero-order valence-corrected chi connectivity index (χ0v) is 16.5. The van der Waals surface area contributed by atoms with Crippen molar-refractivity contribution in [2.75, 3.05) is 24.3 Å². The number of thioether (sulfide) groups is 2. The van der Waals surface area contributed by atoms with Gasteiger partial charge in [-0.05, 0) is 24.3 Å². The van der Waals surface area contributed by atoms with Crippen LogP contribution in [0.15, 0.2) is 68.9 Å². The Morgan fingerprint density at radius 2 is 1.93 bits per heavy atom. The van der Waals surface area contributed by atoms with Gasteiger partial charge in [-0.15, -0.1) is 11.8 Å². The molecule has 0 aliphatic carbocycles. The third kappa shape index (κ3) is 4.38. The smallest absolute Gasteiger partial charge is 0.316 e. The van der Waals surface area contributed by atoms with E-state index in [1.165, 1.54) is 17.8 Å². The monoisotopic (exact) mass is 414 g/mol. The number of benzene rings is 2. The molecule has 28 heavy (non-hydrogen) atoms. The van der Waals surface area contributed by atoms with E-state index in [-0.39, 0.29) is 11.3 Å². The van der Waals surface area contributed by atoms with E-state index < -0.39 is 24.2 Å². The number of esters is 1. The van der Waals surface area contributed by atoms with Crippen LogP contribution in [0.3, 0.4) is 0 Å². The molecule has 0 atom stereocenters. The lowest BCUT2D eigenvalue weighted by molar-refractivity contribution is -0.144. The molecule has 0 fully saturated rings. The summed E-state index contributed by atoms with van der Waals surface area (Å²) in [6.07, 6.45) is 0. The van der Waals surface area contributed by atoms with Crippen molar-refractivity contribution in [3.05, 3.63) is 65.0 Å². The minimum atomic E-state index is -0.653. The van der Waals surface area contributed by atoms with Gasteiger partial charge in [0.1, 0.15) is 22.5 Å². The molecule has 1 aliphatic rings. The van der Waals surface area contributed by atoms with Gasteiger partial charge in [-0.1, -0.05) is 36.0 Å². The number of carbonyl (C=O) groups excluding carboxylic acids is 2. The molecule has 1 heterocycles. The molecule has 0 radical (unpaired) electrons. The van der Waals surface area contributed by atoms with Gasteiger partial charge in [0.2, 0.25) is 5.78 Å². The summed E-state index contributed by atoms with van der Waals surface area (Å²) in [5.41, 5.74) is 0.847. The van der Waals surface area contributed by atoms with E-state index in [0.717, 1.165) is 22.3 Å². The van der Waals surface area contributed by atoms with Crippen LogP contribution in [0.4, 0.5) is 10.1 Å². The second kappa shape index (κ2) is 8.95. The lowest BCUT2D eigenvalue weighted by Crippen LogP contribution is -2.20. The van der Waals surface area contributed by atoms with Gasteiger partial charge in [0.15, 0.2) is 6.61 Å². The average molecular weight is 414 g/mol. The zero-order valence-electron chi connectivity index (χ0n) is 14.8. The van der Waals surface area contributed by atoms with Gasteiger partial charge in [-0.25, -0.2) is 4.39 Å². The van der Waals surface area contributed by atoms with Crippen molar-refractivity contribution in [3.8, 4) is 6.07 Å². The highest BCUT2D eigenvalue weighted by Gasteiger charge is 2.28. The van der Waals surface area contributed by atoms with Crippen molar-refractivity contribution in [2.24, 2.45) is 0 Å². The first-order chi connectivity index (χ1) is 13.5. The summed E-state index contributed by atoms with van der Waals surface area (Å²) in [6.45, 7) is -0.534. The van der Waals surface area contributed by atoms with E-state index in [4.69, 9.17) is 4.74 Å². The predicted octanol–water partition coefficient (Wildman–Crippen LogP) is 4.01. The quantitative estimate of drug-likeness (QED) is 0.306. The molecule has 5 nitrogen and oxygen atoms in total. The van der Waals surface area contributed by atoms with Crippen molar-refractivity contribution in [1.29, 1.82) is 5.26 Å². The lowest BCUT2D eigenvalue weighted by Gasteiger charge is -2.14. The molecule has 142 valence electrons. The van der Waals surface area contributed by atoms with Crippen LogP contribution < -0.4 is 4.90 Å². The van der Waals surface area contributed by atoms with Crippen LogP contribution >= 0.6 is 23.5 Å². The number of carbonyl (C=O) groups is 2. The third-order valence-electron chi connectivity index (χ3n) is 3.89. The van der Waals surface area contributed by atoms with Crippen LogP contribution in [0.1, 0.15) is 0 Å². The number of anilines is 1. The number of halogens is 1. The summed E-state index contributed by atoms with van der Waals surface area (Å²) in [4.78, 5) is 27.3. The van der Waals surface area contributed by atoms with Crippen molar-refractivity contribution in [1.82, 2.24) is 0 Å². The van der Waals surface area contributed by atoms with Gasteiger partial charge in [-0.2, -0.15) is 5.26 Å². The number of ketones is 1. The number of fused-ring (bicyclic) bond motifs is 1. The molecule has 2 aromatic carbocycles. The summed E-state index contributed by atoms with van der Waals surface area (Å²) in [7, 11) is 1.77. The maximum atomic E-state index is 13.6. The van der Waals surface area contributed by atoms with E-state index in [0.29, 0.717) is 9.92 Å². The minimum Gasteiger partial charge on any atom is -0.457 e. The van der Waals surface area contributed by atoms with Gasteiger partial charge in [0.25, 0.3) is 0 Å². The maximum absolute atomic E-state index is 13.6. The molecule has 0 amide bonds. The molecule has 0 spiro atoms. The van der Waals surface area contributed by atoms with Crippen LogP contribution in [-0.2, 0) is 14.3 Å². The molecule has 3 rings (SSSR count). The standard InChI is InChI=1S/C20H15FN2O3S2/c1-23-15-7-3-5-9-18(15)28-20(23)13(10-22)16(24)11-26-19(25)12-27-17-8-4-2-6-14(17)21/h2-9H,11-12H2,1H3/b20-13-. The van der Waals surface area contributed by atoms with Crippen LogP contribution in [0.5, 0.6) is 0 Å². The Kier molecular flexibility index (Phi) is 6.39. The minimum absolute atomic E-state index is 0.0572. The Bertz CT molecular complexity index is 1000. The fourth-order valence-electron chi connectivity index (χ4n) is 2.51. The van der Waals surface area contributed by atoms with Gasteiger partial charge < -0.3 is 9.64 Å². The number of para-hydroxylation sites is 1. The largest absolute Gasteiger partial charge is 0.457 e. The lowest BCUT2D eigenvalue weighted by atomic mass is 10.2. The second-order valence-electron chi connectivity index (χ2n) is 5.72. The highest BCUT2D eigenvalue weighted by atomic mass is 32.2. The molecule has 0 saturated heterocycles. The third-order valence-corrected chi connectivity index (χ3v) is 6.15. The summed E-state index contributed by atoms with van der Waals surface area (Å²) in [6, 6.07) is 15.6. The molecule has 0 aromatic heterocycles. The normalized spacial score (nSPS) is 14.2. The number of ether oxygens (including phenoxy) is 1. The fraction of sp³-hybridized carbons (Fsp3) is 0.150. The van der Waals surface area contributed by atoms with E-state index >= 15 is 0 Å². The van der Waals surface area contributed by atoms with Crippen LogP contribution in [0, 0.1) is 17.1 Å². The molecule has 0 N–H and O–H groups in total. The highest BCUT2D eigenvalue weighted by molar-refractivity contribution is 8.03. The average Bonchev–Trinajstić information content (AvgIpc) is 3.03. The molecular formula is C20H15FN2O3S2. The Hall–Kier alpha value is -2.76. The van der Waals surface area contributed by atoms with E-state index in [2.05, 4.69) is 0 Å². The maximum Gasteiger partial charge on any atom is 0.316 e. The van der Waals surface area contributed by atoms with E-state index in [1.807, 2.05) is 30.3 Å². The summed E-state index contributed by atoms with van der Waals surface area (Å²) in [5, 5.41) is 9.95. The van der Waals surface area contributed by atoms with E-state index in [9.17, 15) is 19.2 Å². The van der Waals surface area contributed by atoms with Crippen LogP contribution in [-0.4, -0.2) is 31.2 Å². The van der Waals surface area contributed by atoms with Crippen LogP contribution in [0.25, 0.3) is 0 Å². The van der Waals surface area contributed by atoms with Crippen LogP contribution in [0.2, 0.25) is 0 Å². The number of hydrogen-bond acceptors (Lipinski definition) is 7. The van der Waals surface area contributed by atoms with Gasteiger partial charge in [0.05, 0.1) is 11.4 Å². The van der Waals surface area contributed by atoms with Crippen molar-refractivity contribution < 1.29 is 18.7 Å². The number of rotatable bonds is 6. The Balaban J connectivity index is 1.60. The highest BCUT2D eigenvalue weighted by Crippen LogP contribution is 2.46.